The van der Waals surface area contributed by atoms with Crippen LogP contribution in [0.15, 0.2) is 42.6 Å². The molecule has 0 saturated carbocycles. The predicted octanol–water partition coefficient (Wildman–Crippen LogP) is 1.64. The quantitative estimate of drug-likeness (QED) is 0.726. The number of benzene rings is 1. The molecule has 1 aromatic carbocycles. The minimum absolute atomic E-state index is 0.201. The molecule has 5 nitrogen and oxygen atoms in total. The van der Waals surface area contributed by atoms with Gasteiger partial charge in [-0.15, -0.1) is 0 Å². The van der Waals surface area contributed by atoms with Gasteiger partial charge in [-0.3, -0.25) is 9.78 Å². The first-order chi connectivity index (χ1) is 9.19. The number of anilines is 2. The molecule has 0 aliphatic rings. The number of carbonyl (C=O) groups excluding carboxylic acids is 1. The standard InChI is InChI=1S/C14H16N4O/c1-16-14(19)13-8-12(5-6-17-13)18-9-10-3-2-4-11(15)7-10/h2-8H,9,15H2,1H3,(H,16,19)(H,17,18). The highest BCUT2D eigenvalue weighted by Gasteiger charge is 2.05. The molecule has 0 bridgehead atoms. The third kappa shape index (κ3) is 3.45. The zero-order chi connectivity index (χ0) is 13.7. The van der Waals surface area contributed by atoms with Gasteiger partial charge in [-0.05, 0) is 29.8 Å². The van der Waals surface area contributed by atoms with Gasteiger partial charge in [0.05, 0.1) is 0 Å². The van der Waals surface area contributed by atoms with Crippen LogP contribution in [-0.2, 0) is 6.54 Å². The van der Waals surface area contributed by atoms with Gasteiger partial charge in [0.25, 0.3) is 5.91 Å². The van der Waals surface area contributed by atoms with Crippen molar-refractivity contribution in [2.24, 2.45) is 0 Å². The molecule has 0 aliphatic heterocycles. The molecule has 0 atom stereocenters. The minimum Gasteiger partial charge on any atom is -0.399 e. The second-order valence-corrected chi connectivity index (χ2v) is 4.11. The minimum atomic E-state index is -0.201. The summed E-state index contributed by atoms with van der Waals surface area (Å²) in [5.41, 5.74) is 8.77. The largest absolute Gasteiger partial charge is 0.399 e. The van der Waals surface area contributed by atoms with Crippen LogP contribution >= 0.6 is 0 Å². The Morgan fingerprint density at radius 2 is 2.16 bits per heavy atom. The van der Waals surface area contributed by atoms with Crippen molar-refractivity contribution in [2.45, 2.75) is 6.54 Å². The lowest BCUT2D eigenvalue weighted by Gasteiger charge is -2.08. The Labute approximate surface area is 111 Å². The SMILES string of the molecule is CNC(=O)c1cc(NCc2cccc(N)c2)ccn1. The number of nitrogen functional groups attached to an aromatic ring is 1. The molecule has 98 valence electrons. The molecule has 1 aromatic heterocycles. The van der Waals surface area contributed by atoms with Gasteiger partial charge in [0.1, 0.15) is 5.69 Å². The molecule has 0 spiro atoms. The van der Waals surface area contributed by atoms with E-state index in [2.05, 4.69) is 15.6 Å². The van der Waals surface area contributed by atoms with E-state index in [-0.39, 0.29) is 5.91 Å². The van der Waals surface area contributed by atoms with E-state index in [9.17, 15) is 4.79 Å². The lowest BCUT2D eigenvalue weighted by Crippen LogP contribution is -2.19. The molecule has 0 radical (unpaired) electrons. The molecular weight excluding hydrogens is 240 g/mol. The lowest BCUT2D eigenvalue weighted by molar-refractivity contribution is 0.0958. The summed E-state index contributed by atoms with van der Waals surface area (Å²) >= 11 is 0. The summed E-state index contributed by atoms with van der Waals surface area (Å²) in [7, 11) is 1.58. The molecule has 0 aliphatic carbocycles. The molecule has 0 saturated heterocycles. The number of pyridine rings is 1. The summed E-state index contributed by atoms with van der Waals surface area (Å²) < 4.78 is 0. The Morgan fingerprint density at radius 1 is 1.32 bits per heavy atom. The van der Waals surface area contributed by atoms with E-state index in [0.717, 1.165) is 16.9 Å². The Kier molecular flexibility index (Phi) is 3.97. The number of rotatable bonds is 4. The number of nitrogens with zero attached hydrogens (tertiary/aromatic N) is 1. The van der Waals surface area contributed by atoms with Gasteiger partial charge >= 0.3 is 0 Å². The van der Waals surface area contributed by atoms with Gasteiger partial charge in [0, 0.05) is 31.2 Å². The average molecular weight is 256 g/mol. The molecule has 2 aromatic rings. The van der Waals surface area contributed by atoms with E-state index in [1.54, 1.807) is 19.3 Å². The fourth-order valence-corrected chi connectivity index (χ4v) is 1.70. The second-order valence-electron chi connectivity index (χ2n) is 4.11. The Bertz CT molecular complexity index is 583. The molecular formula is C14H16N4O. The number of aromatic nitrogens is 1. The van der Waals surface area contributed by atoms with Gasteiger partial charge < -0.3 is 16.4 Å². The number of nitrogens with one attached hydrogen (secondary N) is 2. The van der Waals surface area contributed by atoms with Gasteiger partial charge in [0.2, 0.25) is 0 Å². The lowest BCUT2D eigenvalue weighted by atomic mass is 10.2. The maximum atomic E-state index is 11.5. The van der Waals surface area contributed by atoms with Crippen LogP contribution in [0.5, 0.6) is 0 Å². The molecule has 5 heteroatoms. The maximum Gasteiger partial charge on any atom is 0.269 e. The predicted molar refractivity (Wildman–Crippen MR) is 75.8 cm³/mol. The van der Waals surface area contributed by atoms with Crippen LogP contribution in [0.1, 0.15) is 16.1 Å². The summed E-state index contributed by atoms with van der Waals surface area (Å²) in [6.07, 6.45) is 1.60. The van der Waals surface area contributed by atoms with Crippen molar-refractivity contribution in [3.63, 3.8) is 0 Å². The van der Waals surface area contributed by atoms with Gasteiger partial charge in [-0.1, -0.05) is 12.1 Å². The summed E-state index contributed by atoms with van der Waals surface area (Å²) in [5.74, 6) is -0.201. The summed E-state index contributed by atoms with van der Waals surface area (Å²) in [4.78, 5) is 15.5. The second kappa shape index (κ2) is 5.86. The molecule has 1 heterocycles. The third-order valence-corrected chi connectivity index (χ3v) is 2.67. The van der Waals surface area contributed by atoms with Crippen molar-refractivity contribution in [1.82, 2.24) is 10.3 Å². The van der Waals surface area contributed by atoms with Crippen LogP contribution in [0, 0.1) is 0 Å². The van der Waals surface area contributed by atoms with E-state index in [1.807, 2.05) is 30.3 Å². The molecule has 1 amide bonds. The fourth-order valence-electron chi connectivity index (χ4n) is 1.70. The highest BCUT2D eigenvalue weighted by molar-refractivity contribution is 5.92. The molecule has 0 fully saturated rings. The van der Waals surface area contributed by atoms with E-state index < -0.39 is 0 Å². The fraction of sp³-hybridized carbons (Fsp3) is 0.143. The third-order valence-electron chi connectivity index (χ3n) is 2.67. The van der Waals surface area contributed by atoms with Crippen molar-refractivity contribution in [3.05, 3.63) is 53.9 Å². The maximum absolute atomic E-state index is 11.5. The van der Waals surface area contributed by atoms with Crippen molar-refractivity contribution in [2.75, 3.05) is 18.1 Å². The smallest absolute Gasteiger partial charge is 0.269 e. The average Bonchev–Trinajstić information content (AvgIpc) is 2.45. The van der Waals surface area contributed by atoms with Crippen LogP contribution in [0.25, 0.3) is 0 Å². The van der Waals surface area contributed by atoms with Crippen LogP contribution in [0.4, 0.5) is 11.4 Å². The molecule has 2 rings (SSSR count). The van der Waals surface area contributed by atoms with Crippen molar-refractivity contribution in [1.29, 1.82) is 0 Å². The first kappa shape index (κ1) is 12.9. The number of carbonyl (C=O) groups is 1. The Morgan fingerprint density at radius 3 is 2.89 bits per heavy atom. The normalized spacial score (nSPS) is 9.95. The van der Waals surface area contributed by atoms with E-state index in [1.165, 1.54) is 0 Å². The summed E-state index contributed by atoms with van der Waals surface area (Å²) in [5, 5.41) is 5.78. The monoisotopic (exact) mass is 256 g/mol. The Balaban J connectivity index is 2.05. The van der Waals surface area contributed by atoms with Crippen molar-refractivity contribution in [3.8, 4) is 0 Å². The zero-order valence-corrected chi connectivity index (χ0v) is 10.7. The highest BCUT2D eigenvalue weighted by Crippen LogP contribution is 2.12. The topological polar surface area (TPSA) is 80.0 Å². The highest BCUT2D eigenvalue weighted by atomic mass is 16.1. The molecule has 19 heavy (non-hydrogen) atoms. The Hall–Kier alpha value is -2.56. The number of nitrogens with two attached hydrogens (primary N) is 1. The number of hydrogen-bond donors (Lipinski definition) is 3. The van der Waals surface area contributed by atoms with Crippen molar-refractivity contribution >= 4 is 17.3 Å². The summed E-state index contributed by atoms with van der Waals surface area (Å²) in [6.45, 7) is 0.641. The van der Waals surface area contributed by atoms with Gasteiger partial charge in [-0.25, -0.2) is 0 Å². The number of amides is 1. The van der Waals surface area contributed by atoms with Crippen LogP contribution in [-0.4, -0.2) is 17.9 Å². The molecule has 0 unspecified atom stereocenters. The molecule has 4 N–H and O–H groups in total. The van der Waals surface area contributed by atoms with Crippen LogP contribution in [0.3, 0.4) is 0 Å². The number of hydrogen-bond acceptors (Lipinski definition) is 4. The van der Waals surface area contributed by atoms with Crippen LogP contribution in [0.2, 0.25) is 0 Å². The van der Waals surface area contributed by atoms with Gasteiger partial charge in [-0.2, -0.15) is 0 Å². The zero-order valence-electron chi connectivity index (χ0n) is 10.7. The van der Waals surface area contributed by atoms with E-state index in [0.29, 0.717) is 12.2 Å². The van der Waals surface area contributed by atoms with Crippen molar-refractivity contribution < 1.29 is 4.79 Å². The van der Waals surface area contributed by atoms with Crippen LogP contribution < -0.4 is 16.4 Å². The van der Waals surface area contributed by atoms with Gasteiger partial charge in [0.15, 0.2) is 0 Å². The first-order valence-corrected chi connectivity index (χ1v) is 5.95. The first-order valence-electron chi connectivity index (χ1n) is 5.95. The summed E-state index contributed by atoms with van der Waals surface area (Å²) in [6, 6.07) is 11.2. The van der Waals surface area contributed by atoms with E-state index >= 15 is 0 Å². The van der Waals surface area contributed by atoms with E-state index in [4.69, 9.17) is 5.73 Å².